The molecule has 7 heterocycles. The van der Waals surface area contributed by atoms with E-state index in [0.717, 1.165) is 94.3 Å². The van der Waals surface area contributed by atoms with Gasteiger partial charge in [0.1, 0.15) is 17.5 Å². The number of aryl methyl sites for hydroxylation is 10. The maximum Gasteiger partial charge on any atom is 0.108 e. The van der Waals surface area contributed by atoms with Crippen molar-refractivity contribution in [1.82, 2.24) is 66.9 Å². The standard InChI is InChI=1S/C10H18N2.C8H14N2O.C8H14N2.2C7H12N2.C6H10N2O.C5H8N2/c1-3-4-5-6-8-12-9-7-11-10(12)2;1-3-8-9-4-5-10(8)6-7-11-2;1-3-4-5-10-6-8(2)9-7-10;1-4-9-5-6(2)8-7(9)3;1-2-3-5-9-6-4-8-7-9;1-9-5-4-8-3-2-7-6-8;1-2-7-4-3-6-5-7/h7,9H,3-6,8H2,1-2H3;4-5H,3,6-7H2,1-2H3;6-7H,3-5H2,1-2H3;5H,4H2,1-3H3;4,6-7H,2-3,5H2,1H3;2-3,6H,4-5H2,1H3;3-5H,2H2,1H3. The number of aromatic nitrogens is 14. The average Bonchev–Trinajstić information content (AvgIpc) is 4.21. The number of imidazole rings is 7. The van der Waals surface area contributed by atoms with E-state index in [-0.39, 0.29) is 0 Å². The molecule has 0 fully saturated rings. The highest BCUT2D eigenvalue weighted by Gasteiger charge is 1.98. The number of hydrogen-bond donors (Lipinski definition) is 0. The van der Waals surface area contributed by atoms with Gasteiger partial charge in [0.2, 0.25) is 0 Å². The van der Waals surface area contributed by atoms with Crippen LogP contribution in [0.4, 0.5) is 0 Å². The fraction of sp³-hybridized carbons (Fsp3) is 0.588. The van der Waals surface area contributed by atoms with Gasteiger partial charge in [-0.05, 0) is 60.8 Å². The summed E-state index contributed by atoms with van der Waals surface area (Å²) in [6, 6.07) is 0. The second kappa shape index (κ2) is 39.5. The fourth-order valence-electron chi connectivity index (χ4n) is 6.17. The third kappa shape index (κ3) is 28.9. The highest BCUT2D eigenvalue weighted by Crippen LogP contribution is 2.04. The summed E-state index contributed by atoms with van der Waals surface area (Å²) in [7, 11) is 3.40. The Kier molecular flexibility index (Phi) is 35.1. The van der Waals surface area contributed by atoms with Crippen molar-refractivity contribution in [3.63, 3.8) is 0 Å². The van der Waals surface area contributed by atoms with Gasteiger partial charge < -0.3 is 41.4 Å². The van der Waals surface area contributed by atoms with Crippen molar-refractivity contribution in [2.45, 2.75) is 173 Å². The minimum atomic E-state index is 0.746. The summed E-state index contributed by atoms with van der Waals surface area (Å²) in [6.45, 7) is 29.7. The van der Waals surface area contributed by atoms with Crippen LogP contribution in [0, 0.1) is 27.7 Å². The summed E-state index contributed by atoms with van der Waals surface area (Å²) >= 11 is 0. The molecule has 16 nitrogen and oxygen atoms in total. The Bertz CT molecular complexity index is 2020. The van der Waals surface area contributed by atoms with E-state index >= 15 is 0 Å². The predicted molar refractivity (Wildman–Crippen MR) is 273 cm³/mol. The second-order valence-corrected chi connectivity index (χ2v) is 15.8. The van der Waals surface area contributed by atoms with E-state index in [1.165, 1.54) is 51.4 Å². The van der Waals surface area contributed by atoms with Gasteiger partial charge in [0, 0.05) is 141 Å². The Morgan fingerprint density at radius 3 is 1.43 bits per heavy atom. The summed E-state index contributed by atoms with van der Waals surface area (Å²) in [5.41, 5.74) is 2.21. The van der Waals surface area contributed by atoms with Crippen molar-refractivity contribution >= 4 is 0 Å². The molecule has 67 heavy (non-hydrogen) atoms. The van der Waals surface area contributed by atoms with E-state index in [9.17, 15) is 0 Å². The third-order valence-corrected chi connectivity index (χ3v) is 10.2. The lowest BCUT2D eigenvalue weighted by molar-refractivity contribution is 0.186. The monoisotopic (exact) mass is 929 g/mol. The minimum absolute atomic E-state index is 0.746. The van der Waals surface area contributed by atoms with Gasteiger partial charge in [-0.25, -0.2) is 34.9 Å². The summed E-state index contributed by atoms with van der Waals surface area (Å²) < 4.78 is 24.5. The fourth-order valence-corrected chi connectivity index (χ4v) is 6.17. The molecule has 0 amide bonds. The van der Waals surface area contributed by atoms with E-state index < -0.39 is 0 Å². The van der Waals surface area contributed by atoms with Crippen LogP contribution in [-0.4, -0.2) is 94.3 Å². The molecule has 0 saturated carbocycles. The molecule has 0 bridgehead atoms. The van der Waals surface area contributed by atoms with Gasteiger partial charge in [-0.1, -0.05) is 59.8 Å². The highest BCUT2D eigenvalue weighted by atomic mass is 16.5. The maximum atomic E-state index is 4.97. The summed E-state index contributed by atoms with van der Waals surface area (Å²) in [6.07, 6.45) is 41.7. The number of nitrogens with zero attached hydrogens (tertiary/aromatic N) is 14. The van der Waals surface area contributed by atoms with Crippen LogP contribution in [0.5, 0.6) is 0 Å². The molecule has 0 aliphatic rings. The van der Waals surface area contributed by atoms with Crippen molar-refractivity contribution < 1.29 is 9.47 Å². The number of unbranched alkanes of at least 4 members (excludes halogenated alkanes) is 5. The highest BCUT2D eigenvalue weighted by molar-refractivity contribution is 4.99. The zero-order valence-corrected chi connectivity index (χ0v) is 43.5. The first kappa shape index (κ1) is 59.4. The Labute approximate surface area is 403 Å². The summed E-state index contributed by atoms with van der Waals surface area (Å²) in [5.74, 6) is 3.36. The number of hydrogen-bond acceptors (Lipinski definition) is 9. The van der Waals surface area contributed by atoms with E-state index in [0.29, 0.717) is 0 Å². The van der Waals surface area contributed by atoms with Gasteiger partial charge in [-0.15, -0.1) is 0 Å². The predicted octanol–water partition coefficient (Wildman–Crippen LogP) is 10.5. The van der Waals surface area contributed by atoms with Gasteiger partial charge in [-0.2, -0.15) is 0 Å². The van der Waals surface area contributed by atoms with Crippen molar-refractivity contribution in [3.05, 3.63) is 129 Å². The van der Waals surface area contributed by atoms with Crippen molar-refractivity contribution in [2.24, 2.45) is 0 Å². The lowest BCUT2D eigenvalue weighted by atomic mass is 10.2. The second-order valence-electron chi connectivity index (χ2n) is 15.8. The molecule has 0 aliphatic carbocycles. The van der Waals surface area contributed by atoms with Crippen molar-refractivity contribution in [3.8, 4) is 0 Å². The smallest absolute Gasteiger partial charge is 0.108 e. The first-order valence-electron chi connectivity index (χ1n) is 24.4. The minimum Gasteiger partial charge on any atom is -0.383 e. The van der Waals surface area contributed by atoms with E-state index in [1.54, 1.807) is 39.3 Å². The van der Waals surface area contributed by atoms with E-state index in [4.69, 9.17) is 9.47 Å². The van der Waals surface area contributed by atoms with E-state index in [2.05, 4.69) is 125 Å². The van der Waals surface area contributed by atoms with E-state index in [1.807, 2.05) is 85.9 Å². The molecule has 0 spiro atoms. The molecule has 16 heteroatoms. The normalized spacial score (nSPS) is 10.1. The molecule has 0 aliphatic heterocycles. The number of rotatable bonds is 20. The Hall–Kier alpha value is -5.61. The van der Waals surface area contributed by atoms with Gasteiger partial charge in [-0.3, -0.25) is 0 Å². The maximum absolute atomic E-state index is 4.97. The first-order valence-corrected chi connectivity index (χ1v) is 24.4. The Morgan fingerprint density at radius 1 is 0.433 bits per heavy atom. The topological polar surface area (TPSA) is 143 Å². The largest absolute Gasteiger partial charge is 0.383 e. The van der Waals surface area contributed by atoms with Crippen LogP contribution in [0.15, 0.2) is 99.7 Å². The van der Waals surface area contributed by atoms with Gasteiger partial charge >= 0.3 is 0 Å². The van der Waals surface area contributed by atoms with Crippen molar-refractivity contribution in [2.75, 3.05) is 27.4 Å². The molecule has 7 aromatic rings. The van der Waals surface area contributed by atoms with Gasteiger partial charge in [0.15, 0.2) is 0 Å². The first-order chi connectivity index (χ1) is 32.6. The molecule has 0 saturated heterocycles. The molecule has 7 rings (SSSR count). The molecule has 7 aromatic heterocycles. The van der Waals surface area contributed by atoms with Crippen LogP contribution >= 0.6 is 0 Å². The molecular weight excluding hydrogens is 841 g/mol. The van der Waals surface area contributed by atoms with Crippen LogP contribution in [0.2, 0.25) is 0 Å². The molecular formula is C51H88N14O2. The van der Waals surface area contributed by atoms with Gasteiger partial charge in [0.05, 0.1) is 49.9 Å². The number of ether oxygens (including phenoxy) is 2. The quantitative estimate of drug-likeness (QED) is 0.0683. The molecule has 0 N–H and O–H groups in total. The Morgan fingerprint density at radius 2 is 1.00 bits per heavy atom. The summed E-state index contributed by atoms with van der Waals surface area (Å²) in [5, 5.41) is 0. The third-order valence-electron chi connectivity index (χ3n) is 10.2. The SMILES string of the molecule is CCCCCCn1ccnc1C.CCCCn1ccnc1.CCCCn1cnc(C)c1.CCc1nccn1CCOC.CCn1cc(C)nc1C.CCn1ccnc1.COCCn1ccnc1. The van der Waals surface area contributed by atoms with Crippen molar-refractivity contribution in [1.29, 1.82) is 0 Å². The number of methoxy groups -OCH3 is 2. The van der Waals surface area contributed by atoms with Crippen LogP contribution in [0.3, 0.4) is 0 Å². The molecule has 0 unspecified atom stereocenters. The zero-order valence-electron chi connectivity index (χ0n) is 43.5. The zero-order chi connectivity index (χ0) is 49.3. The van der Waals surface area contributed by atoms with Crippen LogP contribution in [-0.2, 0) is 61.7 Å². The molecule has 0 atom stereocenters. The Balaban J connectivity index is 0.000000393. The lowest BCUT2D eigenvalue weighted by Crippen LogP contribution is -2.06. The average molecular weight is 929 g/mol. The lowest BCUT2D eigenvalue weighted by Gasteiger charge is -2.03. The van der Waals surface area contributed by atoms with Crippen LogP contribution < -0.4 is 0 Å². The van der Waals surface area contributed by atoms with Gasteiger partial charge in [0.25, 0.3) is 0 Å². The molecule has 0 radical (unpaired) electrons. The molecule has 0 aromatic carbocycles. The molecule has 374 valence electrons. The van der Waals surface area contributed by atoms with Crippen LogP contribution in [0.25, 0.3) is 0 Å². The summed E-state index contributed by atoms with van der Waals surface area (Å²) in [4.78, 5) is 28.4. The van der Waals surface area contributed by atoms with Crippen LogP contribution in [0.1, 0.15) is 122 Å².